The highest BCUT2D eigenvalue weighted by Crippen LogP contribution is 2.34. The molecule has 0 aliphatic rings. The van der Waals surface area contributed by atoms with Crippen LogP contribution in [0, 0.1) is 0 Å². The van der Waals surface area contributed by atoms with Crippen LogP contribution in [0.15, 0.2) is 69.9 Å². The summed E-state index contributed by atoms with van der Waals surface area (Å²) in [6.45, 7) is 0.0745. The first-order valence-electron chi connectivity index (χ1n) is 10.2. The van der Waals surface area contributed by atoms with Gasteiger partial charge >= 0.3 is 5.63 Å². The summed E-state index contributed by atoms with van der Waals surface area (Å²) in [5, 5.41) is 0.775. The van der Waals surface area contributed by atoms with Crippen LogP contribution in [0.1, 0.15) is 27.3 Å². The van der Waals surface area contributed by atoms with Crippen LogP contribution in [0.5, 0.6) is 5.75 Å². The number of nitrogen functional groups attached to an aromatic ring is 1. The van der Waals surface area contributed by atoms with Gasteiger partial charge in [0.1, 0.15) is 31.5 Å². The predicted molar refractivity (Wildman–Crippen MR) is 126 cm³/mol. The van der Waals surface area contributed by atoms with Crippen molar-refractivity contribution in [1.82, 2.24) is 4.98 Å². The van der Waals surface area contributed by atoms with Gasteiger partial charge in [0.2, 0.25) is 0 Å². The van der Waals surface area contributed by atoms with Crippen molar-refractivity contribution < 1.29 is 13.9 Å². The lowest BCUT2D eigenvalue weighted by molar-refractivity contribution is 0.0995. The first-order chi connectivity index (χ1) is 15.4. The standard InChI is InChI=1S/C24H22BN3O4/c25-18-6-2-1-4-14(18)8-9-17-16-10-11-22(29)32-20(16)12-21(23(17)26)31-13-15-5-3-7-19(28-15)24(27)30/h1-7,10-12H,8-9,13,25-26H2,(H2,27,30). The van der Waals surface area contributed by atoms with Crippen molar-refractivity contribution in [3.05, 3.63) is 93.6 Å². The number of carbonyl (C=O) groups is 1. The Morgan fingerprint density at radius 2 is 1.88 bits per heavy atom. The fourth-order valence-corrected chi connectivity index (χ4v) is 3.67. The maximum absolute atomic E-state index is 11.8. The number of carbonyl (C=O) groups excluding carboxylic acids is 1. The lowest BCUT2D eigenvalue weighted by atomic mass is 9.87. The molecule has 4 N–H and O–H groups in total. The normalized spacial score (nSPS) is 10.9. The Labute approximate surface area is 185 Å². The Kier molecular flexibility index (Phi) is 5.94. The van der Waals surface area contributed by atoms with Gasteiger partial charge in [-0.3, -0.25) is 4.79 Å². The molecule has 0 aliphatic carbocycles. The summed E-state index contributed by atoms with van der Waals surface area (Å²) in [6.07, 6.45) is 1.42. The van der Waals surface area contributed by atoms with Crippen molar-refractivity contribution in [1.29, 1.82) is 0 Å². The SMILES string of the molecule is Bc1ccccc1CCc1c(N)c(OCc2cccc(C(N)=O)n2)cc2oc(=O)ccc12. The number of hydrogen-bond acceptors (Lipinski definition) is 6. The van der Waals surface area contributed by atoms with Gasteiger partial charge < -0.3 is 20.6 Å². The van der Waals surface area contributed by atoms with E-state index in [4.69, 9.17) is 20.6 Å². The second kappa shape index (κ2) is 8.97. The molecule has 32 heavy (non-hydrogen) atoms. The number of anilines is 1. The number of rotatable bonds is 7. The minimum Gasteiger partial charge on any atom is -0.485 e. The fourth-order valence-electron chi connectivity index (χ4n) is 3.67. The first kappa shape index (κ1) is 21.2. The van der Waals surface area contributed by atoms with Crippen molar-refractivity contribution in [2.24, 2.45) is 5.73 Å². The number of ether oxygens (including phenoxy) is 1. The highest BCUT2D eigenvalue weighted by Gasteiger charge is 2.15. The second-order valence-electron chi connectivity index (χ2n) is 7.53. The van der Waals surface area contributed by atoms with Crippen LogP contribution in [0.25, 0.3) is 11.0 Å². The fraction of sp³-hybridized carbons (Fsp3) is 0.125. The summed E-state index contributed by atoms with van der Waals surface area (Å²) in [5.41, 5.74) is 16.2. The molecule has 8 heteroatoms. The average molecular weight is 427 g/mol. The van der Waals surface area contributed by atoms with E-state index in [1.54, 1.807) is 24.3 Å². The second-order valence-corrected chi connectivity index (χ2v) is 7.53. The molecule has 2 aromatic heterocycles. The molecule has 4 aromatic rings. The highest BCUT2D eigenvalue weighted by atomic mass is 16.5. The van der Waals surface area contributed by atoms with Crippen molar-refractivity contribution in [3.63, 3.8) is 0 Å². The molecule has 4 rings (SSSR count). The van der Waals surface area contributed by atoms with E-state index in [1.807, 2.05) is 12.1 Å². The summed E-state index contributed by atoms with van der Waals surface area (Å²) in [4.78, 5) is 27.4. The zero-order valence-electron chi connectivity index (χ0n) is 17.6. The molecule has 0 bridgehead atoms. The summed E-state index contributed by atoms with van der Waals surface area (Å²) in [5.74, 6) is -0.227. The Balaban J connectivity index is 1.67. The van der Waals surface area contributed by atoms with Crippen molar-refractivity contribution >= 4 is 35.9 Å². The topological polar surface area (TPSA) is 121 Å². The molecule has 0 saturated heterocycles. The largest absolute Gasteiger partial charge is 0.485 e. The van der Waals surface area contributed by atoms with Crippen LogP contribution < -0.4 is 27.3 Å². The number of nitrogens with zero attached hydrogens (tertiary/aromatic N) is 1. The van der Waals surface area contributed by atoms with Gasteiger partial charge in [0, 0.05) is 17.5 Å². The molecule has 2 aromatic carbocycles. The van der Waals surface area contributed by atoms with Gasteiger partial charge in [-0.1, -0.05) is 41.4 Å². The van der Waals surface area contributed by atoms with Crippen LogP contribution in [-0.2, 0) is 19.4 Å². The third kappa shape index (κ3) is 4.49. The molecule has 0 radical (unpaired) electrons. The molecule has 7 nitrogen and oxygen atoms in total. The number of fused-ring (bicyclic) bond motifs is 1. The molecule has 2 heterocycles. The van der Waals surface area contributed by atoms with E-state index in [-0.39, 0.29) is 12.3 Å². The third-order valence-electron chi connectivity index (χ3n) is 5.38. The lowest BCUT2D eigenvalue weighted by Crippen LogP contribution is -2.14. The Hall–Kier alpha value is -4.07. The molecule has 0 fully saturated rings. The summed E-state index contributed by atoms with van der Waals surface area (Å²) in [7, 11) is 2.07. The molecule has 1 amide bonds. The van der Waals surface area contributed by atoms with E-state index < -0.39 is 11.5 Å². The average Bonchev–Trinajstić information content (AvgIpc) is 2.78. The Morgan fingerprint density at radius 1 is 1.06 bits per heavy atom. The number of amides is 1. The number of pyridine rings is 1. The van der Waals surface area contributed by atoms with Gasteiger partial charge in [-0.05, 0) is 36.6 Å². The van der Waals surface area contributed by atoms with Gasteiger partial charge in [-0.2, -0.15) is 0 Å². The van der Waals surface area contributed by atoms with Crippen LogP contribution in [0.4, 0.5) is 5.69 Å². The van der Waals surface area contributed by atoms with Gasteiger partial charge in [0.15, 0.2) is 0 Å². The number of aromatic nitrogens is 1. The van der Waals surface area contributed by atoms with Gasteiger partial charge in [-0.15, -0.1) is 0 Å². The molecule has 0 spiro atoms. The molecule has 0 unspecified atom stereocenters. The zero-order chi connectivity index (χ0) is 22.7. The van der Waals surface area contributed by atoms with E-state index in [0.717, 1.165) is 17.4 Å². The number of hydrogen-bond donors (Lipinski definition) is 2. The smallest absolute Gasteiger partial charge is 0.336 e. The van der Waals surface area contributed by atoms with Crippen molar-refractivity contribution in [2.75, 3.05) is 5.73 Å². The lowest BCUT2D eigenvalue weighted by Gasteiger charge is -2.15. The monoisotopic (exact) mass is 427 g/mol. The van der Waals surface area contributed by atoms with E-state index >= 15 is 0 Å². The van der Waals surface area contributed by atoms with E-state index in [1.165, 1.54) is 23.2 Å². The number of aryl methyl sites for hydroxylation is 2. The van der Waals surface area contributed by atoms with Crippen molar-refractivity contribution in [3.8, 4) is 5.75 Å². The van der Waals surface area contributed by atoms with E-state index in [0.29, 0.717) is 29.1 Å². The number of primary amides is 1. The minimum absolute atomic E-state index is 0.0745. The van der Waals surface area contributed by atoms with Crippen LogP contribution in [0.3, 0.4) is 0 Å². The summed E-state index contributed by atoms with van der Waals surface area (Å²) < 4.78 is 11.3. The first-order valence-corrected chi connectivity index (χ1v) is 10.2. The molecular formula is C24H22BN3O4. The minimum atomic E-state index is -0.614. The maximum Gasteiger partial charge on any atom is 0.336 e. The molecule has 0 atom stereocenters. The highest BCUT2D eigenvalue weighted by molar-refractivity contribution is 6.33. The molecule has 0 saturated carbocycles. The number of benzene rings is 2. The Morgan fingerprint density at radius 3 is 2.66 bits per heavy atom. The van der Waals surface area contributed by atoms with Gasteiger partial charge in [0.05, 0.1) is 11.4 Å². The quantitative estimate of drug-likeness (QED) is 0.262. The maximum atomic E-state index is 11.8. The molecule has 0 aliphatic heterocycles. The molecule has 160 valence electrons. The predicted octanol–water partition coefficient (Wildman–Crippen LogP) is 1.49. The Bertz CT molecular complexity index is 1370. The zero-order valence-corrected chi connectivity index (χ0v) is 17.6. The van der Waals surface area contributed by atoms with Crippen LogP contribution in [-0.4, -0.2) is 18.7 Å². The van der Waals surface area contributed by atoms with Crippen LogP contribution in [0.2, 0.25) is 0 Å². The van der Waals surface area contributed by atoms with E-state index in [2.05, 4.69) is 25.0 Å². The summed E-state index contributed by atoms with van der Waals surface area (Å²) >= 11 is 0. The van der Waals surface area contributed by atoms with Crippen molar-refractivity contribution in [2.45, 2.75) is 19.4 Å². The van der Waals surface area contributed by atoms with Gasteiger partial charge in [-0.25, -0.2) is 9.78 Å². The summed E-state index contributed by atoms with van der Waals surface area (Å²) in [6, 6.07) is 17.9. The van der Waals surface area contributed by atoms with Gasteiger partial charge in [0.25, 0.3) is 5.91 Å². The number of nitrogens with two attached hydrogens (primary N) is 2. The van der Waals surface area contributed by atoms with E-state index in [9.17, 15) is 9.59 Å². The third-order valence-corrected chi connectivity index (χ3v) is 5.38. The molecular weight excluding hydrogens is 405 g/mol. The van der Waals surface area contributed by atoms with Crippen LogP contribution >= 0.6 is 0 Å².